The van der Waals surface area contributed by atoms with E-state index >= 15 is 0 Å². The second-order valence-corrected chi connectivity index (χ2v) is 2.44. The standard InChI is InChI=1S/C7H4ClNO/c8-6-1-2-7-5(3-6)4-9-10-7/h1-4H. The molecule has 2 nitrogen and oxygen atoms in total. The lowest BCUT2D eigenvalue weighted by atomic mass is 10.3. The minimum Gasteiger partial charge on any atom is -0.356 e. The predicted molar refractivity (Wildman–Crippen MR) is 39.0 cm³/mol. The van der Waals surface area contributed by atoms with Gasteiger partial charge >= 0.3 is 0 Å². The van der Waals surface area contributed by atoms with Crippen molar-refractivity contribution in [2.24, 2.45) is 0 Å². The Kier molecular flexibility index (Phi) is 1.14. The van der Waals surface area contributed by atoms with Crippen LogP contribution in [0.4, 0.5) is 0 Å². The Balaban J connectivity index is 2.86. The zero-order valence-electron chi connectivity index (χ0n) is 5.04. The highest BCUT2D eigenvalue weighted by molar-refractivity contribution is 6.31. The van der Waals surface area contributed by atoms with Crippen molar-refractivity contribution in [3.8, 4) is 0 Å². The van der Waals surface area contributed by atoms with Crippen LogP contribution in [0.15, 0.2) is 28.9 Å². The Bertz CT molecular complexity index is 355. The Morgan fingerprint density at radius 3 is 3.20 bits per heavy atom. The third-order valence-electron chi connectivity index (χ3n) is 1.31. The van der Waals surface area contributed by atoms with E-state index in [1.807, 2.05) is 6.07 Å². The van der Waals surface area contributed by atoms with Crippen LogP contribution in [0.25, 0.3) is 11.0 Å². The van der Waals surface area contributed by atoms with Crippen molar-refractivity contribution in [3.05, 3.63) is 29.4 Å². The predicted octanol–water partition coefficient (Wildman–Crippen LogP) is 2.48. The topological polar surface area (TPSA) is 26.0 Å². The van der Waals surface area contributed by atoms with E-state index in [2.05, 4.69) is 5.16 Å². The molecule has 0 unspecified atom stereocenters. The van der Waals surface area contributed by atoms with Crippen molar-refractivity contribution in [1.82, 2.24) is 5.16 Å². The van der Waals surface area contributed by atoms with Gasteiger partial charge < -0.3 is 4.52 Å². The molecule has 0 bridgehead atoms. The van der Waals surface area contributed by atoms with Gasteiger partial charge in [0.1, 0.15) is 0 Å². The first-order valence-electron chi connectivity index (χ1n) is 2.86. The van der Waals surface area contributed by atoms with Crippen molar-refractivity contribution in [2.75, 3.05) is 0 Å². The molecule has 0 amide bonds. The van der Waals surface area contributed by atoms with Gasteiger partial charge in [-0.15, -0.1) is 0 Å². The van der Waals surface area contributed by atoms with E-state index in [9.17, 15) is 0 Å². The van der Waals surface area contributed by atoms with E-state index in [0.29, 0.717) is 5.02 Å². The van der Waals surface area contributed by atoms with Gasteiger partial charge in [0.05, 0.1) is 6.20 Å². The normalized spacial score (nSPS) is 10.5. The van der Waals surface area contributed by atoms with Crippen molar-refractivity contribution in [3.63, 3.8) is 0 Å². The first-order valence-corrected chi connectivity index (χ1v) is 3.24. The lowest BCUT2D eigenvalue weighted by molar-refractivity contribution is 0.456. The van der Waals surface area contributed by atoms with Crippen LogP contribution in [0.5, 0.6) is 0 Å². The smallest absolute Gasteiger partial charge is 0.166 e. The van der Waals surface area contributed by atoms with Crippen LogP contribution in [0.3, 0.4) is 0 Å². The van der Waals surface area contributed by atoms with Crippen LogP contribution in [-0.4, -0.2) is 5.16 Å². The summed E-state index contributed by atoms with van der Waals surface area (Å²) in [6.07, 6.45) is 1.64. The highest BCUT2D eigenvalue weighted by Gasteiger charge is 1.96. The van der Waals surface area contributed by atoms with Crippen molar-refractivity contribution < 1.29 is 4.52 Å². The van der Waals surface area contributed by atoms with Gasteiger partial charge in [-0.2, -0.15) is 0 Å². The maximum atomic E-state index is 5.71. The summed E-state index contributed by atoms with van der Waals surface area (Å²) in [6.45, 7) is 0. The summed E-state index contributed by atoms with van der Waals surface area (Å²) in [7, 11) is 0. The minimum atomic E-state index is 0.704. The molecule has 0 fully saturated rings. The number of aromatic nitrogens is 1. The summed E-state index contributed by atoms with van der Waals surface area (Å²) in [5.41, 5.74) is 0.768. The van der Waals surface area contributed by atoms with Gasteiger partial charge in [0.25, 0.3) is 0 Å². The first-order chi connectivity index (χ1) is 4.86. The molecule has 0 saturated heterocycles. The fourth-order valence-electron chi connectivity index (χ4n) is 0.843. The molecule has 3 heteroatoms. The van der Waals surface area contributed by atoms with Gasteiger partial charge in [-0.25, -0.2) is 0 Å². The molecule has 0 saturated carbocycles. The van der Waals surface area contributed by atoms with Gasteiger partial charge in [0, 0.05) is 10.4 Å². The van der Waals surface area contributed by atoms with Gasteiger partial charge in [-0.1, -0.05) is 16.8 Å². The molecule has 0 atom stereocenters. The van der Waals surface area contributed by atoms with E-state index < -0.39 is 0 Å². The monoisotopic (exact) mass is 153 g/mol. The maximum absolute atomic E-state index is 5.71. The molecular formula is C7H4ClNO. The molecule has 0 aliphatic heterocycles. The van der Waals surface area contributed by atoms with Gasteiger partial charge in [-0.3, -0.25) is 0 Å². The van der Waals surface area contributed by atoms with Gasteiger partial charge in [-0.05, 0) is 18.2 Å². The van der Waals surface area contributed by atoms with Crippen LogP contribution in [0.1, 0.15) is 0 Å². The van der Waals surface area contributed by atoms with Crippen molar-refractivity contribution >= 4 is 22.6 Å². The molecule has 0 spiro atoms. The largest absolute Gasteiger partial charge is 0.356 e. The molecule has 0 radical (unpaired) electrons. The number of halogens is 1. The molecule has 10 heavy (non-hydrogen) atoms. The number of nitrogens with zero attached hydrogens (tertiary/aromatic N) is 1. The first kappa shape index (κ1) is 5.74. The molecule has 2 aromatic rings. The van der Waals surface area contributed by atoms with Crippen molar-refractivity contribution in [1.29, 1.82) is 0 Å². The third kappa shape index (κ3) is 0.772. The molecule has 2 rings (SSSR count). The summed E-state index contributed by atoms with van der Waals surface area (Å²) in [5.74, 6) is 0. The Morgan fingerprint density at radius 1 is 1.40 bits per heavy atom. The summed E-state index contributed by atoms with van der Waals surface area (Å²) in [4.78, 5) is 0. The Labute approximate surface area is 62.4 Å². The molecule has 50 valence electrons. The number of hydrogen-bond acceptors (Lipinski definition) is 2. The van der Waals surface area contributed by atoms with E-state index in [4.69, 9.17) is 16.1 Å². The van der Waals surface area contributed by atoms with Gasteiger partial charge in [0.2, 0.25) is 0 Å². The number of rotatable bonds is 0. The lowest BCUT2D eigenvalue weighted by Gasteiger charge is -1.85. The SMILES string of the molecule is Clc1ccc2oncc2c1. The maximum Gasteiger partial charge on any atom is 0.166 e. The quantitative estimate of drug-likeness (QED) is 0.581. The van der Waals surface area contributed by atoms with E-state index in [1.54, 1.807) is 18.3 Å². The van der Waals surface area contributed by atoms with Crippen LogP contribution in [0, 0.1) is 0 Å². The van der Waals surface area contributed by atoms with Crippen LogP contribution < -0.4 is 0 Å². The van der Waals surface area contributed by atoms with Crippen molar-refractivity contribution in [2.45, 2.75) is 0 Å². The van der Waals surface area contributed by atoms with Crippen LogP contribution in [-0.2, 0) is 0 Å². The van der Waals surface area contributed by atoms with E-state index in [1.165, 1.54) is 0 Å². The average molecular weight is 154 g/mol. The molecular weight excluding hydrogens is 150 g/mol. The van der Waals surface area contributed by atoms with E-state index in [-0.39, 0.29) is 0 Å². The summed E-state index contributed by atoms with van der Waals surface area (Å²) < 4.78 is 4.86. The van der Waals surface area contributed by atoms with Crippen LogP contribution >= 0.6 is 11.6 Å². The fraction of sp³-hybridized carbons (Fsp3) is 0. The molecule has 0 N–H and O–H groups in total. The summed E-state index contributed by atoms with van der Waals surface area (Å²) in [6, 6.07) is 5.38. The summed E-state index contributed by atoms with van der Waals surface area (Å²) in [5, 5.41) is 5.25. The highest BCUT2D eigenvalue weighted by Crippen LogP contribution is 2.17. The number of benzene rings is 1. The second-order valence-electron chi connectivity index (χ2n) is 2.01. The molecule has 1 heterocycles. The molecule has 1 aromatic carbocycles. The van der Waals surface area contributed by atoms with Gasteiger partial charge in [0.15, 0.2) is 5.58 Å². The number of hydrogen-bond donors (Lipinski definition) is 0. The fourth-order valence-corrected chi connectivity index (χ4v) is 1.02. The minimum absolute atomic E-state index is 0.704. The Hall–Kier alpha value is -1.02. The van der Waals surface area contributed by atoms with Crippen LogP contribution in [0.2, 0.25) is 5.02 Å². The third-order valence-corrected chi connectivity index (χ3v) is 1.55. The zero-order valence-corrected chi connectivity index (χ0v) is 5.80. The zero-order chi connectivity index (χ0) is 6.97. The summed E-state index contributed by atoms with van der Waals surface area (Å²) >= 11 is 5.71. The Morgan fingerprint density at radius 2 is 2.30 bits per heavy atom. The molecule has 0 aliphatic carbocycles. The molecule has 0 aliphatic rings. The van der Waals surface area contributed by atoms with E-state index in [0.717, 1.165) is 11.0 Å². The second kappa shape index (κ2) is 1.99. The lowest BCUT2D eigenvalue weighted by Crippen LogP contribution is -1.62. The molecule has 1 aromatic heterocycles. The highest BCUT2D eigenvalue weighted by atomic mass is 35.5. The number of fused-ring (bicyclic) bond motifs is 1. The average Bonchev–Trinajstić information content (AvgIpc) is 2.33.